The maximum atomic E-state index is 10.3. The van der Waals surface area contributed by atoms with Crippen LogP contribution < -0.4 is 11.1 Å². The number of amides is 1. The summed E-state index contributed by atoms with van der Waals surface area (Å²) < 4.78 is 0. The van der Waals surface area contributed by atoms with Gasteiger partial charge in [-0.15, -0.1) is 0 Å². The minimum atomic E-state index is 0.350. The number of nitrogens with one attached hydrogen (secondary N) is 1. The van der Waals surface area contributed by atoms with Gasteiger partial charge in [0.15, 0.2) is 5.84 Å². The van der Waals surface area contributed by atoms with Gasteiger partial charge in [0, 0.05) is 11.3 Å². The molecule has 1 rings (SSSR count). The topological polar surface area (TPSA) is 76.7 Å². The van der Waals surface area contributed by atoms with E-state index in [1.165, 1.54) is 7.11 Å². The molecule has 5 nitrogen and oxygen atoms in total. The van der Waals surface area contributed by atoms with Crippen molar-refractivity contribution in [2.75, 3.05) is 12.8 Å². The number of hydrogen-bond donors (Lipinski definition) is 2. The molecule has 1 aromatic carbocycles. The number of benzene rings is 1. The lowest BCUT2D eigenvalue weighted by atomic mass is 10.2. The average Bonchev–Trinajstić information content (AvgIpc) is 2.19. The van der Waals surface area contributed by atoms with Crippen molar-refractivity contribution in [2.24, 2.45) is 5.16 Å². The number of nitrogens with two attached hydrogens (primary N) is 1. The molecule has 0 aliphatic heterocycles. The van der Waals surface area contributed by atoms with E-state index in [1.54, 1.807) is 24.3 Å². The molecular weight excluding hydrogens is 182 g/mol. The lowest BCUT2D eigenvalue weighted by Crippen LogP contribution is -2.22. The zero-order chi connectivity index (χ0) is 10.4. The Morgan fingerprint density at radius 3 is 2.64 bits per heavy atom. The second kappa shape index (κ2) is 4.86. The highest BCUT2D eigenvalue weighted by molar-refractivity contribution is 6.03. The zero-order valence-electron chi connectivity index (χ0n) is 7.73. The van der Waals surface area contributed by atoms with Gasteiger partial charge in [0.05, 0.1) is 0 Å². The van der Waals surface area contributed by atoms with E-state index >= 15 is 0 Å². The van der Waals surface area contributed by atoms with Gasteiger partial charge < -0.3 is 15.9 Å². The molecule has 0 radical (unpaired) electrons. The van der Waals surface area contributed by atoms with Gasteiger partial charge in [-0.2, -0.15) is 0 Å². The van der Waals surface area contributed by atoms with E-state index in [4.69, 9.17) is 5.73 Å². The first-order valence-corrected chi connectivity index (χ1v) is 3.95. The Morgan fingerprint density at radius 2 is 2.14 bits per heavy atom. The molecule has 0 aliphatic rings. The average molecular weight is 193 g/mol. The SMILES string of the molecule is CO/N=C(\NC=O)c1ccc(N)cc1. The molecule has 74 valence electrons. The van der Waals surface area contributed by atoms with Crippen molar-refractivity contribution in [3.8, 4) is 0 Å². The molecular formula is C9H11N3O2. The first kappa shape index (κ1) is 10.0. The number of rotatable bonds is 3. The van der Waals surface area contributed by atoms with Crippen LogP contribution in [0, 0.1) is 0 Å². The van der Waals surface area contributed by atoms with Crippen LogP contribution in [-0.2, 0) is 9.63 Å². The Labute approximate surface area is 81.5 Å². The lowest BCUT2D eigenvalue weighted by molar-refractivity contribution is -0.108. The van der Waals surface area contributed by atoms with E-state index in [-0.39, 0.29) is 0 Å². The number of anilines is 1. The minimum Gasteiger partial charge on any atom is -0.399 e. The van der Waals surface area contributed by atoms with Crippen LogP contribution in [0.1, 0.15) is 5.56 Å². The molecule has 0 fully saturated rings. The maximum Gasteiger partial charge on any atom is 0.212 e. The third kappa shape index (κ3) is 2.48. The Morgan fingerprint density at radius 1 is 1.50 bits per heavy atom. The molecule has 0 saturated heterocycles. The molecule has 0 aromatic heterocycles. The fourth-order valence-corrected chi connectivity index (χ4v) is 0.950. The van der Waals surface area contributed by atoms with Crippen LogP contribution in [0.25, 0.3) is 0 Å². The number of carbonyl (C=O) groups is 1. The van der Waals surface area contributed by atoms with Crippen LogP contribution >= 0.6 is 0 Å². The molecule has 1 amide bonds. The third-order valence-corrected chi connectivity index (χ3v) is 1.56. The summed E-state index contributed by atoms with van der Waals surface area (Å²) in [5.74, 6) is 0.350. The summed E-state index contributed by atoms with van der Waals surface area (Å²) in [6.07, 6.45) is 0.536. The smallest absolute Gasteiger partial charge is 0.212 e. The number of amidine groups is 1. The number of nitrogens with zero attached hydrogens (tertiary/aromatic N) is 1. The summed E-state index contributed by atoms with van der Waals surface area (Å²) in [6, 6.07) is 6.91. The summed E-state index contributed by atoms with van der Waals surface area (Å²) in [7, 11) is 1.41. The number of carbonyl (C=O) groups excluding carboxylic acids is 1. The molecule has 5 heteroatoms. The highest BCUT2D eigenvalue weighted by Crippen LogP contribution is 2.05. The van der Waals surface area contributed by atoms with Crippen molar-refractivity contribution in [3.05, 3.63) is 29.8 Å². The summed E-state index contributed by atoms with van der Waals surface area (Å²) >= 11 is 0. The van der Waals surface area contributed by atoms with Crippen LogP contribution in [0.15, 0.2) is 29.4 Å². The lowest BCUT2D eigenvalue weighted by Gasteiger charge is -2.03. The Kier molecular flexibility index (Phi) is 3.49. The maximum absolute atomic E-state index is 10.3. The van der Waals surface area contributed by atoms with Crippen molar-refractivity contribution in [3.63, 3.8) is 0 Å². The van der Waals surface area contributed by atoms with Gasteiger partial charge in [-0.05, 0) is 24.3 Å². The van der Waals surface area contributed by atoms with Gasteiger partial charge in [0.2, 0.25) is 6.41 Å². The molecule has 0 bridgehead atoms. The van der Waals surface area contributed by atoms with Gasteiger partial charge in [-0.3, -0.25) is 4.79 Å². The zero-order valence-corrected chi connectivity index (χ0v) is 7.73. The van der Waals surface area contributed by atoms with Crippen molar-refractivity contribution < 1.29 is 9.63 Å². The van der Waals surface area contributed by atoms with Gasteiger partial charge in [0.1, 0.15) is 7.11 Å². The van der Waals surface area contributed by atoms with Crippen LogP contribution in [0.5, 0.6) is 0 Å². The molecule has 0 spiro atoms. The Bertz CT molecular complexity index is 332. The molecule has 0 saturated carbocycles. The molecule has 0 aliphatic carbocycles. The van der Waals surface area contributed by atoms with Crippen LogP contribution in [0.4, 0.5) is 5.69 Å². The monoisotopic (exact) mass is 193 g/mol. The van der Waals surface area contributed by atoms with Crippen molar-refractivity contribution in [2.45, 2.75) is 0 Å². The summed E-state index contributed by atoms with van der Waals surface area (Å²) in [6.45, 7) is 0. The van der Waals surface area contributed by atoms with Crippen molar-refractivity contribution in [1.29, 1.82) is 0 Å². The minimum absolute atomic E-state index is 0.350. The Balaban J connectivity index is 2.93. The molecule has 14 heavy (non-hydrogen) atoms. The largest absolute Gasteiger partial charge is 0.399 e. The van der Waals surface area contributed by atoms with Gasteiger partial charge in [0.25, 0.3) is 0 Å². The van der Waals surface area contributed by atoms with Gasteiger partial charge in [-0.25, -0.2) is 0 Å². The molecule has 0 heterocycles. The van der Waals surface area contributed by atoms with Crippen molar-refractivity contribution >= 4 is 17.9 Å². The highest BCUT2D eigenvalue weighted by Gasteiger charge is 2.02. The van der Waals surface area contributed by atoms with E-state index in [0.29, 0.717) is 17.9 Å². The standard InChI is InChI=1S/C9H11N3O2/c1-14-12-9(11-6-13)7-2-4-8(10)5-3-7/h2-6H,10H2,1H3,(H,11,12,13). The normalized spacial score (nSPS) is 10.8. The summed E-state index contributed by atoms with van der Waals surface area (Å²) in [5.41, 5.74) is 6.89. The van der Waals surface area contributed by atoms with Gasteiger partial charge in [-0.1, -0.05) is 5.16 Å². The van der Waals surface area contributed by atoms with Crippen molar-refractivity contribution in [1.82, 2.24) is 5.32 Å². The Hall–Kier alpha value is -2.04. The highest BCUT2D eigenvalue weighted by atomic mass is 16.6. The van der Waals surface area contributed by atoms with E-state index < -0.39 is 0 Å². The van der Waals surface area contributed by atoms with Crippen LogP contribution in [0.2, 0.25) is 0 Å². The number of hydrogen-bond acceptors (Lipinski definition) is 4. The fourth-order valence-electron chi connectivity index (χ4n) is 0.950. The predicted octanol–water partition coefficient (Wildman–Crippen LogP) is 0.323. The second-order valence-corrected chi connectivity index (χ2v) is 2.51. The van der Waals surface area contributed by atoms with E-state index in [2.05, 4.69) is 15.3 Å². The predicted molar refractivity (Wildman–Crippen MR) is 53.6 cm³/mol. The number of oxime groups is 1. The first-order chi connectivity index (χ1) is 6.77. The third-order valence-electron chi connectivity index (χ3n) is 1.56. The first-order valence-electron chi connectivity index (χ1n) is 3.95. The summed E-state index contributed by atoms with van der Waals surface area (Å²) in [4.78, 5) is 14.8. The van der Waals surface area contributed by atoms with E-state index in [0.717, 1.165) is 5.56 Å². The van der Waals surface area contributed by atoms with Crippen LogP contribution in [0.3, 0.4) is 0 Å². The molecule has 0 atom stereocenters. The van der Waals surface area contributed by atoms with E-state index in [9.17, 15) is 4.79 Å². The molecule has 3 N–H and O–H groups in total. The van der Waals surface area contributed by atoms with Crippen LogP contribution in [-0.4, -0.2) is 19.4 Å². The quantitative estimate of drug-likeness (QED) is 0.239. The summed E-state index contributed by atoms with van der Waals surface area (Å²) in [5, 5.41) is 6.07. The molecule has 1 aromatic rings. The number of nitrogen functional groups attached to an aromatic ring is 1. The molecule has 0 unspecified atom stereocenters. The van der Waals surface area contributed by atoms with E-state index in [1.807, 2.05) is 0 Å². The fraction of sp³-hybridized carbons (Fsp3) is 0.111. The van der Waals surface area contributed by atoms with Gasteiger partial charge >= 0.3 is 0 Å². The second-order valence-electron chi connectivity index (χ2n) is 2.51.